The lowest BCUT2D eigenvalue weighted by atomic mass is 10.0. The predicted molar refractivity (Wildman–Crippen MR) is 94.9 cm³/mol. The molecule has 2 heterocycles. The van der Waals surface area contributed by atoms with Crippen molar-refractivity contribution in [2.24, 2.45) is 0 Å². The third kappa shape index (κ3) is 3.58. The number of pyridine rings is 1. The molecule has 3 nitrogen and oxygen atoms in total. The summed E-state index contributed by atoms with van der Waals surface area (Å²) in [5.74, 6) is 0. The van der Waals surface area contributed by atoms with E-state index in [2.05, 4.69) is 71.3 Å². The van der Waals surface area contributed by atoms with E-state index in [0.29, 0.717) is 6.04 Å². The molecule has 1 aromatic heterocycles. The van der Waals surface area contributed by atoms with Gasteiger partial charge in [0.05, 0.1) is 5.69 Å². The predicted octanol–water partition coefficient (Wildman–Crippen LogP) is 4.69. The average Bonchev–Trinajstić information content (AvgIpc) is 2.53. The van der Waals surface area contributed by atoms with E-state index in [0.717, 1.165) is 40.6 Å². The summed E-state index contributed by atoms with van der Waals surface area (Å²) in [5.41, 5.74) is 2.42. The fourth-order valence-corrected chi connectivity index (χ4v) is 3.90. The average molecular weight is 411 g/mol. The Kier molecular flexibility index (Phi) is 4.80. The standard InChI is InChI=1S/C16H17Br2N3/c17-14-2-1-3-15(18)16(14)20-12-6-10-21(11-7-12)13-4-8-19-9-5-13/h1-5,8-9,12,20H,6-7,10-11H2. The Morgan fingerprint density at radius 3 is 2.24 bits per heavy atom. The molecule has 5 heteroatoms. The minimum atomic E-state index is 0.512. The van der Waals surface area contributed by atoms with Gasteiger partial charge in [-0.1, -0.05) is 6.07 Å². The van der Waals surface area contributed by atoms with Gasteiger partial charge in [-0.3, -0.25) is 4.98 Å². The smallest absolute Gasteiger partial charge is 0.0631 e. The van der Waals surface area contributed by atoms with Crippen LogP contribution in [-0.4, -0.2) is 24.1 Å². The molecule has 1 aliphatic rings. The van der Waals surface area contributed by atoms with Crippen molar-refractivity contribution < 1.29 is 0 Å². The van der Waals surface area contributed by atoms with Gasteiger partial charge in [-0.05, 0) is 69.0 Å². The first kappa shape index (κ1) is 14.9. The molecule has 1 N–H and O–H groups in total. The molecule has 0 atom stereocenters. The lowest BCUT2D eigenvalue weighted by Crippen LogP contribution is -2.39. The minimum Gasteiger partial charge on any atom is -0.380 e. The molecule has 0 amide bonds. The zero-order valence-electron chi connectivity index (χ0n) is 11.6. The Hall–Kier alpha value is -1.07. The van der Waals surface area contributed by atoms with Crippen LogP contribution in [0.5, 0.6) is 0 Å². The number of piperidine rings is 1. The maximum absolute atomic E-state index is 4.08. The minimum absolute atomic E-state index is 0.512. The molecule has 0 unspecified atom stereocenters. The molecule has 1 aromatic carbocycles. The summed E-state index contributed by atoms with van der Waals surface area (Å²) >= 11 is 7.23. The molecule has 2 aromatic rings. The number of hydrogen-bond donors (Lipinski definition) is 1. The summed E-state index contributed by atoms with van der Waals surface area (Å²) in [6.07, 6.45) is 5.99. The molecule has 0 bridgehead atoms. The monoisotopic (exact) mass is 409 g/mol. The largest absolute Gasteiger partial charge is 0.380 e. The van der Waals surface area contributed by atoms with Crippen molar-refractivity contribution >= 4 is 43.2 Å². The summed E-state index contributed by atoms with van der Waals surface area (Å²) in [4.78, 5) is 6.51. The Bertz CT molecular complexity index is 575. The van der Waals surface area contributed by atoms with Crippen molar-refractivity contribution in [3.63, 3.8) is 0 Å². The molecule has 0 spiro atoms. The van der Waals surface area contributed by atoms with Gasteiger partial charge in [-0.2, -0.15) is 0 Å². The lowest BCUT2D eigenvalue weighted by Gasteiger charge is -2.34. The van der Waals surface area contributed by atoms with E-state index in [-0.39, 0.29) is 0 Å². The van der Waals surface area contributed by atoms with Crippen LogP contribution >= 0.6 is 31.9 Å². The summed E-state index contributed by atoms with van der Waals surface area (Å²) in [6.45, 7) is 2.15. The van der Waals surface area contributed by atoms with Crippen LogP contribution in [0, 0.1) is 0 Å². The topological polar surface area (TPSA) is 28.2 Å². The van der Waals surface area contributed by atoms with Gasteiger partial charge in [0.2, 0.25) is 0 Å². The molecule has 3 rings (SSSR count). The third-order valence-corrected chi connectivity index (χ3v) is 5.16. The highest BCUT2D eigenvalue weighted by atomic mass is 79.9. The van der Waals surface area contributed by atoms with Gasteiger partial charge in [-0.15, -0.1) is 0 Å². The number of nitrogens with one attached hydrogen (secondary N) is 1. The number of nitrogens with zero attached hydrogens (tertiary/aromatic N) is 2. The number of para-hydroxylation sites is 1. The van der Waals surface area contributed by atoms with Crippen LogP contribution in [0.3, 0.4) is 0 Å². The van der Waals surface area contributed by atoms with Gasteiger partial charge >= 0.3 is 0 Å². The second-order valence-electron chi connectivity index (χ2n) is 5.21. The van der Waals surface area contributed by atoms with Crippen molar-refractivity contribution in [1.29, 1.82) is 0 Å². The molecule has 0 aliphatic carbocycles. The first-order valence-electron chi connectivity index (χ1n) is 7.09. The highest BCUT2D eigenvalue weighted by molar-refractivity contribution is 9.11. The maximum atomic E-state index is 4.08. The van der Waals surface area contributed by atoms with E-state index >= 15 is 0 Å². The van der Waals surface area contributed by atoms with Gasteiger partial charge in [-0.25, -0.2) is 0 Å². The van der Waals surface area contributed by atoms with Gasteiger partial charge in [0, 0.05) is 46.2 Å². The van der Waals surface area contributed by atoms with E-state index in [1.54, 1.807) is 0 Å². The normalized spacial score (nSPS) is 16.0. The van der Waals surface area contributed by atoms with Crippen LogP contribution in [0.15, 0.2) is 51.7 Å². The van der Waals surface area contributed by atoms with E-state index in [9.17, 15) is 0 Å². The van der Waals surface area contributed by atoms with Crippen molar-refractivity contribution in [1.82, 2.24) is 4.98 Å². The molecular weight excluding hydrogens is 394 g/mol. The SMILES string of the molecule is Brc1cccc(Br)c1NC1CCN(c2ccncc2)CC1. The summed E-state index contributed by atoms with van der Waals surface area (Å²) < 4.78 is 2.21. The fourth-order valence-electron chi connectivity index (χ4n) is 2.68. The van der Waals surface area contributed by atoms with Crippen LogP contribution in [0.2, 0.25) is 0 Å². The molecule has 1 aliphatic heterocycles. The van der Waals surface area contributed by atoms with Gasteiger partial charge in [0.1, 0.15) is 0 Å². The molecule has 110 valence electrons. The van der Waals surface area contributed by atoms with Crippen LogP contribution in [0.1, 0.15) is 12.8 Å². The lowest BCUT2D eigenvalue weighted by molar-refractivity contribution is 0.526. The summed E-state index contributed by atoms with van der Waals surface area (Å²) in [7, 11) is 0. The second kappa shape index (κ2) is 6.79. The van der Waals surface area contributed by atoms with E-state index < -0.39 is 0 Å². The van der Waals surface area contributed by atoms with Gasteiger partial charge < -0.3 is 10.2 Å². The summed E-state index contributed by atoms with van der Waals surface area (Å²) in [6, 6.07) is 10.8. The summed E-state index contributed by atoms with van der Waals surface area (Å²) in [5, 5.41) is 3.66. The van der Waals surface area contributed by atoms with Crippen molar-refractivity contribution in [3.8, 4) is 0 Å². The van der Waals surface area contributed by atoms with Gasteiger partial charge in [0.25, 0.3) is 0 Å². The fraction of sp³-hybridized carbons (Fsp3) is 0.312. The highest BCUT2D eigenvalue weighted by Gasteiger charge is 2.20. The van der Waals surface area contributed by atoms with Crippen molar-refractivity contribution in [2.75, 3.05) is 23.3 Å². The van der Waals surface area contributed by atoms with Gasteiger partial charge in [0.15, 0.2) is 0 Å². The molecule has 0 saturated carbocycles. The van der Waals surface area contributed by atoms with Crippen LogP contribution in [0.4, 0.5) is 11.4 Å². The number of benzene rings is 1. The molecular formula is C16H17Br2N3. The maximum Gasteiger partial charge on any atom is 0.0631 e. The Morgan fingerprint density at radius 2 is 1.62 bits per heavy atom. The zero-order chi connectivity index (χ0) is 14.7. The Morgan fingerprint density at radius 1 is 1.00 bits per heavy atom. The van der Waals surface area contributed by atoms with Crippen LogP contribution in [-0.2, 0) is 0 Å². The van der Waals surface area contributed by atoms with Crippen molar-refractivity contribution in [3.05, 3.63) is 51.7 Å². The van der Waals surface area contributed by atoms with E-state index in [4.69, 9.17) is 0 Å². The molecule has 1 fully saturated rings. The number of anilines is 2. The molecule has 0 radical (unpaired) electrons. The number of rotatable bonds is 3. The van der Waals surface area contributed by atoms with E-state index in [1.807, 2.05) is 18.5 Å². The highest BCUT2D eigenvalue weighted by Crippen LogP contribution is 2.32. The van der Waals surface area contributed by atoms with E-state index in [1.165, 1.54) is 5.69 Å². The first-order valence-corrected chi connectivity index (χ1v) is 8.68. The van der Waals surface area contributed by atoms with Crippen LogP contribution in [0.25, 0.3) is 0 Å². The van der Waals surface area contributed by atoms with Crippen LogP contribution < -0.4 is 10.2 Å². The second-order valence-corrected chi connectivity index (χ2v) is 6.92. The molecule has 1 saturated heterocycles. The quantitative estimate of drug-likeness (QED) is 0.795. The Labute approximate surface area is 142 Å². The number of hydrogen-bond acceptors (Lipinski definition) is 3. The first-order chi connectivity index (χ1) is 10.2. The van der Waals surface area contributed by atoms with Crippen molar-refractivity contribution in [2.45, 2.75) is 18.9 Å². The third-order valence-electron chi connectivity index (χ3n) is 3.83. The number of aromatic nitrogens is 1. The zero-order valence-corrected chi connectivity index (χ0v) is 14.8. The molecule has 21 heavy (non-hydrogen) atoms. The Balaban J connectivity index is 1.62. The number of halogens is 2.